The van der Waals surface area contributed by atoms with Crippen LogP contribution in [0.1, 0.15) is 46.8 Å². The lowest BCUT2D eigenvalue weighted by atomic mass is 9.95. The zero-order valence-corrected chi connectivity index (χ0v) is 17.3. The van der Waals surface area contributed by atoms with Gasteiger partial charge in [-0.1, -0.05) is 20.8 Å². The number of carbonyl (C=O) groups excluding carboxylic acids is 1. The van der Waals surface area contributed by atoms with Crippen molar-refractivity contribution >= 4 is 18.1 Å². The highest BCUT2D eigenvalue weighted by atomic mass is 16.6. The maximum absolute atomic E-state index is 12.5. The fourth-order valence-electron chi connectivity index (χ4n) is 3.10. The van der Waals surface area contributed by atoms with E-state index in [-0.39, 0.29) is 18.2 Å². The Morgan fingerprint density at radius 3 is 2.75 bits per heavy atom. The monoisotopic (exact) mass is 394 g/mol. The molecule has 0 spiro atoms. The van der Waals surface area contributed by atoms with Gasteiger partial charge in [-0.3, -0.25) is 9.36 Å². The van der Waals surface area contributed by atoms with Crippen LogP contribution in [0.3, 0.4) is 0 Å². The summed E-state index contributed by atoms with van der Waals surface area (Å²) in [5.41, 5.74) is -2.20. The average Bonchev–Trinajstić information content (AvgIpc) is 2.83. The van der Waals surface area contributed by atoms with E-state index in [4.69, 9.17) is 9.47 Å². The molecule has 1 aliphatic heterocycles. The van der Waals surface area contributed by atoms with Gasteiger partial charge in [-0.15, -0.1) is 0 Å². The van der Waals surface area contributed by atoms with Gasteiger partial charge in [-0.2, -0.15) is 4.98 Å². The molecule has 0 amide bonds. The second-order valence-corrected chi connectivity index (χ2v) is 7.85. The maximum atomic E-state index is 12.5. The molecule has 2 unspecified atom stereocenters. The van der Waals surface area contributed by atoms with Gasteiger partial charge in [-0.25, -0.2) is 9.79 Å². The Morgan fingerprint density at radius 2 is 2.21 bits per heavy atom. The summed E-state index contributed by atoms with van der Waals surface area (Å²) in [6, 6.07) is 1.56. The number of carbonyl (C=O) groups is 1. The molecule has 1 saturated heterocycles. The highest BCUT2D eigenvalue weighted by Gasteiger charge is 2.55. The van der Waals surface area contributed by atoms with Gasteiger partial charge in [0.2, 0.25) is 0 Å². The minimum Gasteiger partial charge on any atom is -0.456 e. The fraction of sp³-hybridized carbons (Fsp3) is 0.684. The van der Waals surface area contributed by atoms with Crippen molar-refractivity contribution in [1.82, 2.24) is 14.5 Å². The lowest BCUT2D eigenvalue weighted by Gasteiger charge is -2.30. The molecular formula is C19H30N4O5. The van der Waals surface area contributed by atoms with Crippen molar-refractivity contribution in [3.8, 4) is 0 Å². The van der Waals surface area contributed by atoms with Crippen molar-refractivity contribution in [3.63, 3.8) is 0 Å². The van der Waals surface area contributed by atoms with Crippen molar-refractivity contribution < 1.29 is 19.4 Å². The molecule has 1 aromatic rings. The summed E-state index contributed by atoms with van der Waals surface area (Å²) in [6.07, 6.45) is 1.32. The smallest absolute Gasteiger partial charge is 0.351 e. The Bertz CT molecular complexity index is 772. The van der Waals surface area contributed by atoms with Crippen LogP contribution in [0.2, 0.25) is 0 Å². The molecule has 0 radical (unpaired) electrons. The number of aliphatic hydroxyl groups is 1. The molecule has 1 aliphatic rings. The zero-order chi connectivity index (χ0) is 21.1. The summed E-state index contributed by atoms with van der Waals surface area (Å²) in [4.78, 5) is 34.4. The van der Waals surface area contributed by atoms with Crippen LogP contribution >= 0.6 is 0 Å². The van der Waals surface area contributed by atoms with Gasteiger partial charge < -0.3 is 19.5 Å². The van der Waals surface area contributed by atoms with Crippen molar-refractivity contribution in [2.45, 2.75) is 64.6 Å². The summed E-state index contributed by atoms with van der Waals surface area (Å²) in [6.45, 7) is 7.20. The topological polar surface area (TPSA) is 106 Å². The second-order valence-electron chi connectivity index (χ2n) is 7.85. The summed E-state index contributed by atoms with van der Waals surface area (Å²) in [5, 5.41) is 11.1. The third-order valence-corrected chi connectivity index (χ3v) is 4.44. The summed E-state index contributed by atoms with van der Waals surface area (Å²) in [7, 11) is 3.61. The van der Waals surface area contributed by atoms with E-state index >= 15 is 0 Å². The van der Waals surface area contributed by atoms with Gasteiger partial charge >= 0.3 is 11.7 Å². The zero-order valence-electron chi connectivity index (χ0n) is 17.3. The average molecular weight is 394 g/mol. The number of hydrogen-bond donors (Lipinski definition) is 1. The molecule has 0 bridgehead atoms. The Morgan fingerprint density at radius 1 is 1.54 bits per heavy atom. The number of aliphatic imine (C=N–C) groups is 1. The molecule has 28 heavy (non-hydrogen) atoms. The van der Waals surface area contributed by atoms with Crippen molar-refractivity contribution in [3.05, 3.63) is 22.7 Å². The predicted octanol–water partition coefficient (Wildman–Crippen LogP) is 1.48. The molecule has 9 nitrogen and oxygen atoms in total. The molecule has 0 aromatic carbocycles. The Kier molecular flexibility index (Phi) is 6.95. The molecule has 9 heteroatoms. The number of nitrogens with zero attached hydrogens (tertiary/aromatic N) is 4. The quantitative estimate of drug-likeness (QED) is 0.424. The minimum atomic E-state index is -1.59. The number of ether oxygens (including phenoxy) is 2. The lowest BCUT2D eigenvalue weighted by molar-refractivity contribution is -0.164. The van der Waals surface area contributed by atoms with E-state index in [1.807, 2.05) is 20.8 Å². The van der Waals surface area contributed by atoms with E-state index in [0.29, 0.717) is 6.42 Å². The molecule has 2 heterocycles. The SMILES string of the molecule is CC[C@H]1O[C@@H](n2ccc(/N=C\N(C)C)nc2=O)C(C)(O)C1OC(=O)CC(C)C. The lowest BCUT2D eigenvalue weighted by Crippen LogP contribution is -2.48. The highest BCUT2D eigenvalue weighted by molar-refractivity contribution is 5.70. The predicted molar refractivity (Wildman–Crippen MR) is 104 cm³/mol. The number of esters is 1. The number of rotatable bonds is 7. The molecule has 156 valence electrons. The Hall–Kier alpha value is -2.26. The van der Waals surface area contributed by atoms with Crippen molar-refractivity contribution in [2.24, 2.45) is 10.9 Å². The van der Waals surface area contributed by atoms with Gasteiger partial charge in [0.15, 0.2) is 18.1 Å². The Balaban J connectivity index is 2.28. The normalized spacial score (nSPS) is 27.5. The van der Waals surface area contributed by atoms with E-state index in [2.05, 4.69) is 9.98 Å². The van der Waals surface area contributed by atoms with Gasteiger partial charge in [0, 0.05) is 26.7 Å². The molecule has 4 atom stereocenters. The molecular weight excluding hydrogens is 364 g/mol. The number of hydrogen-bond acceptors (Lipinski definition) is 7. The molecule has 0 aliphatic carbocycles. The maximum Gasteiger partial charge on any atom is 0.351 e. The largest absolute Gasteiger partial charge is 0.456 e. The third-order valence-electron chi connectivity index (χ3n) is 4.44. The molecule has 1 N–H and O–H groups in total. The highest BCUT2D eigenvalue weighted by Crippen LogP contribution is 2.40. The van der Waals surface area contributed by atoms with Crippen LogP contribution in [0.15, 0.2) is 22.1 Å². The van der Waals surface area contributed by atoms with E-state index in [0.717, 1.165) is 0 Å². The minimum absolute atomic E-state index is 0.137. The van der Waals surface area contributed by atoms with Gasteiger partial charge in [-0.05, 0) is 25.3 Å². The first-order valence-corrected chi connectivity index (χ1v) is 9.43. The summed E-state index contributed by atoms with van der Waals surface area (Å²) >= 11 is 0. The van der Waals surface area contributed by atoms with E-state index in [9.17, 15) is 14.7 Å². The van der Waals surface area contributed by atoms with E-state index in [1.54, 1.807) is 25.1 Å². The van der Waals surface area contributed by atoms with Crippen LogP contribution in [0.25, 0.3) is 0 Å². The van der Waals surface area contributed by atoms with Crippen LogP contribution < -0.4 is 5.69 Å². The molecule has 0 saturated carbocycles. The Labute approximate surface area is 165 Å². The first kappa shape index (κ1) is 22.0. The van der Waals surface area contributed by atoms with Crippen LogP contribution in [0, 0.1) is 5.92 Å². The van der Waals surface area contributed by atoms with Crippen LogP contribution in [0.4, 0.5) is 5.82 Å². The summed E-state index contributed by atoms with van der Waals surface area (Å²) < 4.78 is 12.6. The van der Waals surface area contributed by atoms with Gasteiger partial charge in [0.05, 0.1) is 6.34 Å². The third kappa shape index (κ3) is 4.96. The van der Waals surface area contributed by atoms with Crippen LogP contribution in [-0.2, 0) is 14.3 Å². The molecule has 1 fully saturated rings. The first-order chi connectivity index (χ1) is 13.1. The van der Waals surface area contributed by atoms with Crippen molar-refractivity contribution in [1.29, 1.82) is 0 Å². The van der Waals surface area contributed by atoms with E-state index in [1.165, 1.54) is 24.0 Å². The van der Waals surface area contributed by atoms with Crippen LogP contribution in [-0.4, -0.2) is 63.8 Å². The first-order valence-electron chi connectivity index (χ1n) is 9.43. The summed E-state index contributed by atoms with van der Waals surface area (Å²) in [5.74, 6) is -0.0147. The van der Waals surface area contributed by atoms with E-state index < -0.39 is 35.7 Å². The standard InChI is InChI=1S/C19H30N4O5/c1-7-13-16(28-15(24)10-12(2)3)19(4,26)17(27-13)23-9-8-14(21-18(23)25)20-11-22(5)6/h8-9,11-13,16-17,26H,7,10H2,1-6H3/b20-11-/t13-,16?,17-,19?/m1/s1. The second kappa shape index (κ2) is 8.83. The van der Waals surface area contributed by atoms with Crippen LogP contribution in [0.5, 0.6) is 0 Å². The van der Waals surface area contributed by atoms with Crippen molar-refractivity contribution in [2.75, 3.05) is 14.1 Å². The molecule has 1 aromatic heterocycles. The van der Waals surface area contributed by atoms with Gasteiger partial charge in [0.25, 0.3) is 0 Å². The molecule has 2 rings (SSSR count). The van der Waals surface area contributed by atoms with Gasteiger partial charge in [0.1, 0.15) is 11.7 Å². The fourth-order valence-corrected chi connectivity index (χ4v) is 3.10. The number of aromatic nitrogens is 2.